The quantitative estimate of drug-likeness (QED) is 0.307. The van der Waals surface area contributed by atoms with Crippen LogP contribution in [0, 0.1) is 0 Å². The van der Waals surface area contributed by atoms with Crippen LogP contribution in [0.2, 0.25) is 5.02 Å². The minimum atomic E-state index is -3.95. The fourth-order valence-electron chi connectivity index (χ4n) is 3.46. The third kappa shape index (κ3) is 5.62. The summed E-state index contributed by atoms with van der Waals surface area (Å²) in [6.07, 6.45) is 0. The molecule has 0 atom stereocenters. The zero-order valence-electron chi connectivity index (χ0n) is 17.4. The van der Waals surface area contributed by atoms with Crippen molar-refractivity contribution >= 4 is 59.9 Å². The topological polar surface area (TPSA) is 66.5 Å². The van der Waals surface area contributed by atoms with E-state index in [2.05, 4.69) is 21.2 Å². The van der Waals surface area contributed by atoms with Crippen molar-refractivity contribution in [3.05, 3.63) is 106 Å². The summed E-state index contributed by atoms with van der Waals surface area (Å²) in [6.45, 7) is -0.300. The van der Waals surface area contributed by atoms with E-state index in [4.69, 9.17) is 11.6 Å². The number of nitrogens with one attached hydrogen (secondary N) is 1. The Kier molecular flexibility index (Phi) is 7.14. The Bertz CT molecular complexity index is 1390. The molecule has 0 aliphatic carbocycles. The van der Waals surface area contributed by atoms with Crippen LogP contribution >= 0.6 is 27.5 Å². The number of halogens is 2. The molecule has 1 amide bonds. The lowest BCUT2D eigenvalue weighted by Gasteiger charge is -2.22. The molecule has 0 aliphatic rings. The van der Waals surface area contributed by atoms with Gasteiger partial charge in [0, 0.05) is 27.1 Å². The molecule has 168 valence electrons. The van der Waals surface area contributed by atoms with Crippen molar-refractivity contribution in [3.8, 4) is 0 Å². The van der Waals surface area contributed by atoms with Crippen LogP contribution in [0.3, 0.4) is 0 Å². The average molecular weight is 544 g/mol. The van der Waals surface area contributed by atoms with Crippen molar-refractivity contribution in [2.24, 2.45) is 0 Å². The lowest BCUT2D eigenvalue weighted by Crippen LogP contribution is -2.37. The molecule has 0 saturated heterocycles. The molecule has 0 saturated carbocycles. The second kappa shape index (κ2) is 10.1. The van der Waals surface area contributed by atoms with E-state index in [1.807, 2.05) is 60.7 Å². The van der Waals surface area contributed by atoms with Crippen LogP contribution in [0.25, 0.3) is 10.8 Å². The molecule has 0 spiro atoms. The van der Waals surface area contributed by atoms with E-state index in [9.17, 15) is 13.2 Å². The molecule has 0 aliphatic heterocycles. The van der Waals surface area contributed by atoms with E-state index >= 15 is 0 Å². The first-order valence-corrected chi connectivity index (χ1v) is 12.7. The van der Waals surface area contributed by atoms with Crippen LogP contribution in [0.5, 0.6) is 0 Å². The molecule has 1 N–H and O–H groups in total. The monoisotopic (exact) mass is 542 g/mol. The SMILES string of the molecule is O=C(CN(Cc1ccc(Br)cc1)S(=O)(=O)c1ccc(Cl)cc1)Nc1cccc2ccccc12. The van der Waals surface area contributed by atoms with Crippen LogP contribution in [-0.4, -0.2) is 25.2 Å². The van der Waals surface area contributed by atoms with E-state index in [1.54, 1.807) is 6.07 Å². The first-order chi connectivity index (χ1) is 15.8. The molecule has 4 aromatic carbocycles. The standard InChI is InChI=1S/C25H20BrClN2O3S/c26-20-10-8-18(9-11-20)16-29(33(31,32)22-14-12-21(27)13-15-22)17-25(30)28-24-7-3-5-19-4-1-2-6-23(19)24/h1-15H,16-17H2,(H,28,30). The molecule has 0 bridgehead atoms. The van der Waals surface area contributed by atoms with Crippen molar-refractivity contribution in [3.63, 3.8) is 0 Å². The largest absolute Gasteiger partial charge is 0.324 e. The zero-order valence-corrected chi connectivity index (χ0v) is 20.6. The molecule has 4 rings (SSSR count). The van der Waals surface area contributed by atoms with Gasteiger partial charge in [-0.2, -0.15) is 4.31 Å². The number of hydrogen-bond donors (Lipinski definition) is 1. The van der Waals surface area contributed by atoms with Crippen molar-refractivity contribution in [2.75, 3.05) is 11.9 Å². The van der Waals surface area contributed by atoms with Crippen LogP contribution in [0.15, 0.2) is 100 Å². The Morgan fingerprint density at radius 3 is 2.27 bits per heavy atom. The van der Waals surface area contributed by atoms with Crippen molar-refractivity contribution in [1.29, 1.82) is 0 Å². The highest BCUT2D eigenvalue weighted by Gasteiger charge is 2.27. The van der Waals surface area contributed by atoms with Gasteiger partial charge in [-0.15, -0.1) is 0 Å². The Morgan fingerprint density at radius 1 is 0.879 bits per heavy atom. The highest BCUT2D eigenvalue weighted by molar-refractivity contribution is 9.10. The third-order valence-electron chi connectivity index (χ3n) is 5.11. The number of anilines is 1. The summed E-state index contributed by atoms with van der Waals surface area (Å²) in [6, 6.07) is 26.5. The second-order valence-electron chi connectivity index (χ2n) is 7.43. The maximum absolute atomic E-state index is 13.4. The first kappa shape index (κ1) is 23.4. The minimum absolute atomic E-state index is 0.0429. The summed E-state index contributed by atoms with van der Waals surface area (Å²) in [5.41, 5.74) is 1.39. The van der Waals surface area contributed by atoms with E-state index in [0.29, 0.717) is 10.7 Å². The van der Waals surface area contributed by atoms with Gasteiger partial charge in [0.2, 0.25) is 15.9 Å². The maximum atomic E-state index is 13.4. The van der Waals surface area contributed by atoms with Gasteiger partial charge in [-0.1, -0.05) is 76.1 Å². The maximum Gasteiger partial charge on any atom is 0.243 e. The van der Waals surface area contributed by atoms with Crippen molar-refractivity contribution in [1.82, 2.24) is 4.31 Å². The first-order valence-electron chi connectivity index (χ1n) is 10.1. The minimum Gasteiger partial charge on any atom is -0.324 e. The molecule has 0 aromatic heterocycles. The molecule has 0 heterocycles. The van der Waals surface area contributed by atoms with E-state index in [-0.39, 0.29) is 18.0 Å². The number of hydrogen-bond acceptors (Lipinski definition) is 3. The normalized spacial score (nSPS) is 11.6. The Labute approximate surface area is 206 Å². The molecule has 0 radical (unpaired) electrons. The molecule has 4 aromatic rings. The number of amides is 1. The Hall–Kier alpha value is -2.71. The number of sulfonamides is 1. The van der Waals surface area contributed by atoms with Gasteiger partial charge < -0.3 is 5.32 Å². The van der Waals surface area contributed by atoms with Crippen LogP contribution in [0.4, 0.5) is 5.69 Å². The van der Waals surface area contributed by atoms with Gasteiger partial charge >= 0.3 is 0 Å². The molecule has 5 nitrogen and oxygen atoms in total. The van der Waals surface area contributed by atoms with Gasteiger partial charge in [0.25, 0.3) is 0 Å². The van der Waals surface area contributed by atoms with Crippen molar-refractivity contribution < 1.29 is 13.2 Å². The van der Waals surface area contributed by atoms with Gasteiger partial charge in [-0.05, 0) is 53.4 Å². The number of carbonyl (C=O) groups excluding carboxylic acids is 1. The lowest BCUT2D eigenvalue weighted by atomic mass is 10.1. The summed E-state index contributed by atoms with van der Waals surface area (Å²) in [5.74, 6) is -0.430. The van der Waals surface area contributed by atoms with Gasteiger partial charge in [0.15, 0.2) is 0 Å². The Balaban J connectivity index is 1.63. The van der Waals surface area contributed by atoms with Gasteiger partial charge in [-0.3, -0.25) is 4.79 Å². The smallest absolute Gasteiger partial charge is 0.243 e. The fourth-order valence-corrected chi connectivity index (χ4v) is 5.23. The third-order valence-corrected chi connectivity index (χ3v) is 7.69. The number of nitrogens with zero attached hydrogens (tertiary/aromatic N) is 1. The summed E-state index contributed by atoms with van der Waals surface area (Å²) in [7, 11) is -3.95. The molecule has 0 unspecified atom stereocenters. The molecule has 0 fully saturated rings. The highest BCUT2D eigenvalue weighted by Crippen LogP contribution is 2.24. The predicted octanol–water partition coefficient (Wildman–Crippen LogP) is 6.09. The van der Waals surface area contributed by atoms with Gasteiger partial charge in [-0.25, -0.2) is 8.42 Å². The highest BCUT2D eigenvalue weighted by atomic mass is 79.9. The average Bonchev–Trinajstić information content (AvgIpc) is 2.80. The molecular formula is C25H20BrClN2O3S. The fraction of sp³-hybridized carbons (Fsp3) is 0.0800. The molecule has 33 heavy (non-hydrogen) atoms. The van der Waals surface area contributed by atoms with Crippen molar-refractivity contribution in [2.45, 2.75) is 11.4 Å². The lowest BCUT2D eigenvalue weighted by molar-refractivity contribution is -0.116. The summed E-state index contributed by atoms with van der Waals surface area (Å²) < 4.78 is 28.9. The predicted molar refractivity (Wildman–Crippen MR) is 136 cm³/mol. The van der Waals surface area contributed by atoms with Crippen LogP contribution < -0.4 is 5.32 Å². The molecular weight excluding hydrogens is 524 g/mol. The van der Waals surface area contributed by atoms with E-state index < -0.39 is 15.9 Å². The van der Waals surface area contributed by atoms with Gasteiger partial charge in [0.1, 0.15) is 0 Å². The van der Waals surface area contributed by atoms with E-state index in [1.165, 1.54) is 28.6 Å². The number of carbonyl (C=O) groups is 1. The second-order valence-corrected chi connectivity index (χ2v) is 10.7. The summed E-state index contributed by atoms with van der Waals surface area (Å²) in [5, 5.41) is 5.17. The number of benzene rings is 4. The Morgan fingerprint density at radius 2 is 1.55 bits per heavy atom. The summed E-state index contributed by atoms with van der Waals surface area (Å²) >= 11 is 9.31. The van der Waals surface area contributed by atoms with Crippen LogP contribution in [0.1, 0.15) is 5.56 Å². The van der Waals surface area contributed by atoms with Gasteiger partial charge in [0.05, 0.1) is 11.4 Å². The number of fused-ring (bicyclic) bond motifs is 1. The number of rotatable bonds is 7. The molecule has 8 heteroatoms. The van der Waals surface area contributed by atoms with Crippen LogP contribution in [-0.2, 0) is 21.4 Å². The summed E-state index contributed by atoms with van der Waals surface area (Å²) in [4.78, 5) is 13.1. The zero-order chi connectivity index (χ0) is 23.4. The van der Waals surface area contributed by atoms with E-state index in [0.717, 1.165) is 20.8 Å².